The lowest BCUT2D eigenvalue weighted by atomic mass is 10.1. The highest BCUT2D eigenvalue weighted by Crippen LogP contribution is 2.45. The number of pyridine rings is 1. The molecule has 3 fully saturated rings. The molecule has 8 nitrogen and oxygen atoms in total. The Hall–Kier alpha value is -3.82. The molecular weight excluding hydrogens is 523 g/mol. The summed E-state index contributed by atoms with van der Waals surface area (Å²) in [5.74, 6) is 2.26. The number of piperidine rings is 1. The lowest BCUT2D eigenvalue weighted by Crippen LogP contribution is -2.34. The zero-order valence-electron chi connectivity index (χ0n) is 23.2. The van der Waals surface area contributed by atoms with Crippen molar-refractivity contribution >= 4 is 17.0 Å². The molecule has 2 aromatic heterocycles. The highest BCUT2D eigenvalue weighted by Gasteiger charge is 2.41. The Morgan fingerprint density at radius 3 is 2.73 bits per heavy atom. The molecule has 1 N–H and O–H groups in total. The zero-order chi connectivity index (χ0) is 28.3. The fourth-order valence-corrected chi connectivity index (χ4v) is 5.62. The molecule has 4 heterocycles. The largest absolute Gasteiger partial charge is 0.478 e. The summed E-state index contributed by atoms with van der Waals surface area (Å²) in [7, 11) is 0. The van der Waals surface area contributed by atoms with Gasteiger partial charge in [-0.1, -0.05) is 18.2 Å². The number of halogens is 1. The zero-order valence-corrected chi connectivity index (χ0v) is 23.2. The van der Waals surface area contributed by atoms with Crippen molar-refractivity contribution < 1.29 is 23.8 Å². The van der Waals surface area contributed by atoms with Crippen LogP contribution in [0, 0.1) is 24.6 Å². The third-order valence-corrected chi connectivity index (χ3v) is 8.22. The van der Waals surface area contributed by atoms with Gasteiger partial charge < -0.3 is 19.1 Å². The average molecular weight is 559 g/mol. The molecule has 0 bridgehead atoms. The Balaban J connectivity index is 0.000000164. The van der Waals surface area contributed by atoms with Gasteiger partial charge in [-0.05, 0) is 80.5 Å². The number of ether oxygens (including phenoxy) is 2. The van der Waals surface area contributed by atoms with Gasteiger partial charge >= 0.3 is 5.97 Å². The van der Waals surface area contributed by atoms with Gasteiger partial charge in [0.1, 0.15) is 18.2 Å². The van der Waals surface area contributed by atoms with Crippen molar-refractivity contribution in [3.05, 3.63) is 89.1 Å². The third kappa shape index (κ3) is 6.57. The van der Waals surface area contributed by atoms with Crippen molar-refractivity contribution in [2.75, 3.05) is 19.7 Å². The Bertz CT molecular complexity index is 1520. The first-order valence-electron chi connectivity index (χ1n) is 14.3. The number of aryl methyl sites for hydroxylation is 1. The van der Waals surface area contributed by atoms with Gasteiger partial charge in [-0.2, -0.15) is 0 Å². The maximum Gasteiger partial charge on any atom is 0.335 e. The summed E-state index contributed by atoms with van der Waals surface area (Å²) in [6, 6.07) is 15.7. The quantitative estimate of drug-likeness (QED) is 0.307. The van der Waals surface area contributed by atoms with Gasteiger partial charge in [-0.3, -0.25) is 4.90 Å². The maximum atomic E-state index is 13.5. The minimum atomic E-state index is -0.896. The molecule has 41 heavy (non-hydrogen) atoms. The summed E-state index contributed by atoms with van der Waals surface area (Å²) in [5.41, 5.74) is 3.54. The number of aromatic carboxylic acids is 1. The molecule has 0 spiro atoms. The van der Waals surface area contributed by atoms with Gasteiger partial charge in [-0.25, -0.2) is 19.2 Å². The second kappa shape index (κ2) is 12.0. The van der Waals surface area contributed by atoms with E-state index in [4.69, 9.17) is 14.5 Å². The van der Waals surface area contributed by atoms with Crippen molar-refractivity contribution in [1.29, 1.82) is 0 Å². The highest BCUT2D eigenvalue weighted by atomic mass is 19.1. The van der Waals surface area contributed by atoms with Gasteiger partial charge in [0.05, 0.1) is 35.8 Å². The van der Waals surface area contributed by atoms with Crippen molar-refractivity contribution in [2.24, 2.45) is 11.8 Å². The second-order valence-corrected chi connectivity index (χ2v) is 11.3. The van der Waals surface area contributed by atoms with Crippen LogP contribution in [0.2, 0.25) is 0 Å². The van der Waals surface area contributed by atoms with E-state index < -0.39 is 5.97 Å². The van der Waals surface area contributed by atoms with Crippen molar-refractivity contribution in [3.8, 4) is 5.88 Å². The van der Waals surface area contributed by atoms with Gasteiger partial charge in [0, 0.05) is 31.0 Å². The molecule has 1 aliphatic carbocycles. The van der Waals surface area contributed by atoms with Crippen LogP contribution in [0.4, 0.5) is 4.39 Å². The second-order valence-electron chi connectivity index (χ2n) is 11.3. The van der Waals surface area contributed by atoms with E-state index in [2.05, 4.69) is 14.5 Å². The molecule has 4 aromatic rings. The summed E-state index contributed by atoms with van der Waals surface area (Å²) in [6.07, 6.45) is 5.62. The molecule has 2 saturated heterocycles. The minimum Gasteiger partial charge on any atom is -0.478 e. The van der Waals surface area contributed by atoms with Crippen LogP contribution in [0.15, 0.2) is 60.8 Å². The molecular formula is C32H35FN4O4. The molecule has 0 radical (unpaired) electrons. The fourth-order valence-electron chi connectivity index (χ4n) is 5.62. The van der Waals surface area contributed by atoms with Crippen molar-refractivity contribution in [1.82, 2.24) is 19.4 Å². The molecule has 9 heteroatoms. The first kappa shape index (κ1) is 27.4. The van der Waals surface area contributed by atoms with E-state index in [1.54, 1.807) is 36.5 Å². The standard InChI is InChI=1S/C19H23N3O3.C13H12FNO/c23-19(24)13-1-2-16-17(8-13)22(10-15-4-6-25-15)18(20-16)11-21-5-3-12-7-14(12)9-21;1-10-5-6-11(12(14)8-10)9-16-13-4-2-3-7-15-13/h1-2,8,12,14-15H,3-7,9-11H2,(H,23,24);2-8H,9H2,1H3. The van der Waals surface area contributed by atoms with Crippen LogP contribution in [0.5, 0.6) is 5.88 Å². The SMILES string of the molecule is Cc1ccc(COc2ccccn2)c(F)c1.O=C(O)c1ccc2nc(CN3CCC4CC4C3)n(CC3CCO3)c2c1. The van der Waals surface area contributed by atoms with E-state index in [0.717, 1.165) is 66.9 Å². The predicted octanol–water partition coefficient (Wildman–Crippen LogP) is 5.47. The molecule has 0 amide bonds. The number of fused-ring (bicyclic) bond motifs is 2. The van der Waals surface area contributed by atoms with Crippen molar-refractivity contribution in [3.63, 3.8) is 0 Å². The topological polar surface area (TPSA) is 89.7 Å². The lowest BCUT2D eigenvalue weighted by molar-refractivity contribution is -0.0592. The summed E-state index contributed by atoms with van der Waals surface area (Å²) in [5, 5.41) is 9.31. The number of hydrogen-bond donors (Lipinski definition) is 1. The first-order valence-corrected chi connectivity index (χ1v) is 14.3. The van der Waals surface area contributed by atoms with Gasteiger partial charge in [0.15, 0.2) is 0 Å². The highest BCUT2D eigenvalue weighted by molar-refractivity contribution is 5.92. The minimum absolute atomic E-state index is 0.198. The van der Waals surface area contributed by atoms with Gasteiger partial charge in [-0.15, -0.1) is 0 Å². The molecule has 3 atom stereocenters. The molecule has 2 aliphatic heterocycles. The van der Waals surface area contributed by atoms with E-state index in [9.17, 15) is 14.3 Å². The number of carbonyl (C=O) groups is 1. The van der Waals surface area contributed by atoms with Crippen LogP contribution < -0.4 is 4.74 Å². The Kier molecular flexibility index (Phi) is 7.98. The number of likely N-dealkylation sites (tertiary alicyclic amines) is 1. The Morgan fingerprint density at radius 2 is 2.02 bits per heavy atom. The number of benzene rings is 2. The smallest absolute Gasteiger partial charge is 0.335 e. The lowest BCUT2D eigenvalue weighted by Gasteiger charge is -2.29. The van der Waals surface area contributed by atoms with E-state index >= 15 is 0 Å². The summed E-state index contributed by atoms with van der Waals surface area (Å²) < 4.78 is 26.6. The number of rotatable bonds is 8. The van der Waals surface area contributed by atoms with E-state index in [0.29, 0.717) is 17.0 Å². The molecule has 1 saturated carbocycles. The molecule has 3 aliphatic rings. The normalized spacial score (nSPS) is 21.4. The van der Waals surface area contributed by atoms with Crippen LogP contribution in [0.25, 0.3) is 11.0 Å². The van der Waals surface area contributed by atoms with Gasteiger partial charge in [0.25, 0.3) is 0 Å². The number of carboxylic acids is 1. The third-order valence-electron chi connectivity index (χ3n) is 8.22. The van der Waals surface area contributed by atoms with Crippen LogP contribution in [-0.2, 0) is 24.4 Å². The first-order chi connectivity index (χ1) is 19.9. The predicted molar refractivity (Wildman–Crippen MR) is 152 cm³/mol. The fraction of sp³-hybridized carbons (Fsp3) is 0.406. The van der Waals surface area contributed by atoms with Crippen molar-refractivity contribution in [2.45, 2.75) is 52.0 Å². The van der Waals surface area contributed by atoms with E-state index in [1.165, 1.54) is 25.5 Å². The molecule has 214 valence electrons. The Labute approximate surface area is 238 Å². The number of imidazole rings is 1. The molecule has 3 unspecified atom stereocenters. The number of nitrogens with zero attached hydrogens (tertiary/aromatic N) is 4. The Morgan fingerprint density at radius 1 is 1.15 bits per heavy atom. The number of hydrogen-bond acceptors (Lipinski definition) is 6. The summed E-state index contributed by atoms with van der Waals surface area (Å²) in [6.45, 7) is 6.79. The molecule has 7 rings (SSSR count). The maximum absolute atomic E-state index is 13.5. The van der Waals surface area contributed by atoms with E-state index in [1.807, 2.05) is 25.1 Å². The van der Waals surface area contributed by atoms with Crippen LogP contribution in [0.3, 0.4) is 0 Å². The summed E-state index contributed by atoms with van der Waals surface area (Å²) >= 11 is 0. The van der Waals surface area contributed by atoms with Crippen LogP contribution in [-0.4, -0.2) is 56.3 Å². The van der Waals surface area contributed by atoms with E-state index in [-0.39, 0.29) is 18.5 Å². The summed E-state index contributed by atoms with van der Waals surface area (Å²) in [4.78, 5) is 22.7. The number of aromatic nitrogens is 3. The number of carboxylic acid groups (broad SMARTS) is 1. The average Bonchev–Trinajstić information content (AvgIpc) is 3.64. The van der Waals surface area contributed by atoms with Crippen LogP contribution >= 0.6 is 0 Å². The monoisotopic (exact) mass is 558 g/mol. The van der Waals surface area contributed by atoms with Gasteiger partial charge in [0.2, 0.25) is 5.88 Å². The van der Waals surface area contributed by atoms with Crippen LogP contribution in [0.1, 0.15) is 46.6 Å². The molecule has 2 aromatic carbocycles.